The summed E-state index contributed by atoms with van der Waals surface area (Å²) in [7, 11) is 0. The minimum Gasteiger partial charge on any atom is -1.00 e. The zero-order valence-corrected chi connectivity index (χ0v) is 9.30. The largest absolute Gasteiger partial charge is 1.00 e. The van der Waals surface area contributed by atoms with E-state index in [0.29, 0.717) is 0 Å². The zero-order chi connectivity index (χ0) is 8.81. The van der Waals surface area contributed by atoms with Crippen LogP contribution in [0.15, 0.2) is 31.0 Å². The maximum absolute atomic E-state index is 3.78. The number of unbranched alkanes of at least 4 members (excludes halogenated alkanes) is 1. The van der Waals surface area contributed by atoms with Gasteiger partial charge in [-0.05, 0) is 6.07 Å². The van der Waals surface area contributed by atoms with Crippen molar-refractivity contribution in [3.8, 4) is 0 Å². The second kappa shape index (κ2) is 8.73. The van der Waals surface area contributed by atoms with Crippen LogP contribution < -0.4 is 17.0 Å². The summed E-state index contributed by atoms with van der Waals surface area (Å²) in [6.45, 7) is 7.08. The van der Waals surface area contributed by atoms with Crippen LogP contribution in [0.25, 0.3) is 6.08 Å². The molecule has 14 heavy (non-hydrogen) atoms. The maximum atomic E-state index is 3.78. The lowest BCUT2D eigenvalue weighted by Gasteiger charge is -1.97. The normalized spacial score (nSPS) is 8.36. The average Bonchev–Trinajstić information content (AvgIpc) is 2.15. The van der Waals surface area contributed by atoms with Crippen molar-refractivity contribution in [1.82, 2.24) is 0 Å². The van der Waals surface area contributed by atoms with Crippen molar-refractivity contribution in [2.24, 2.45) is 0 Å². The Morgan fingerprint density at radius 3 is 2.71 bits per heavy atom. The summed E-state index contributed by atoms with van der Waals surface area (Å²) in [5, 5.41) is 0. The Bertz CT molecular complexity index is 263. The first-order chi connectivity index (χ1) is 5.88. The molecule has 0 radical (unpaired) electrons. The van der Waals surface area contributed by atoms with Gasteiger partial charge in [0.05, 0.1) is 0 Å². The standard InChI is InChI=1S/C11H16N.ClH.H2O/c1-3-5-9-12-10-7-6-8-11(12)4-2;;/h4,6-8,10H,2-3,5,9H2,1H3;1H;1H2/q+1;;/p-1. The van der Waals surface area contributed by atoms with E-state index in [4.69, 9.17) is 0 Å². The predicted molar refractivity (Wildman–Crippen MR) is 55.2 cm³/mol. The Morgan fingerprint density at radius 1 is 1.43 bits per heavy atom. The van der Waals surface area contributed by atoms with Gasteiger partial charge in [-0.1, -0.05) is 19.9 Å². The van der Waals surface area contributed by atoms with Gasteiger partial charge in [-0.3, -0.25) is 0 Å². The molecule has 1 aromatic heterocycles. The molecule has 2 N–H and O–H groups in total. The van der Waals surface area contributed by atoms with Gasteiger partial charge >= 0.3 is 0 Å². The highest BCUT2D eigenvalue weighted by Gasteiger charge is 2.03. The number of halogens is 1. The third-order valence-corrected chi connectivity index (χ3v) is 1.94. The van der Waals surface area contributed by atoms with Gasteiger partial charge in [-0.2, -0.15) is 4.57 Å². The summed E-state index contributed by atoms with van der Waals surface area (Å²) >= 11 is 0. The molecule has 0 amide bonds. The molecule has 0 atom stereocenters. The number of pyridine rings is 1. The molecular weight excluding hydrogens is 198 g/mol. The molecule has 0 bridgehead atoms. The third kappa shape index (κ3) is 4.40. The number of hydrogen-bond donors (Lipinski definition) is 0. The quantitative estimate of drug-likeness (QED) is 0.554. The van der Waals surface area contributed by atoms with Gasteiger partial charge in [-0.25, -0.2) is 0 Å². The van der Waals surface area contributed by atoms with E-state index in [-0.39, 0.29) is 17.9 Å². The first-order valence-electron chi connectivity index (χ1n) is 4.49. The minimum absolute atomic E-state index is 0. The summed E-state index contributed by atoms with van der Waals surface area (Å²) in [4.78, 5) is 0. The average molecular weight is 216 g/mol. The summed E-state index contributed by atoms with van der Waals surface area (Å²) in [5.41, 5.74) is 1.20. The van der Waals surface area contributed by atoms with E-state index in [0.717, 1.165) is 6.54 Å². The Hall–Kier alpha value is -0.860. The Kier molecular flexibility index (Phi) is 9.73. The second-order valence-electron chi connectivity index (χ2n) is 2.88. The molecular formula is C11H18ClNO. The molecule has 0 saturated carbocycles. The monoisotopic (exact) mass is 215 g/mol. The van der Waals surface area contributed by atoms with Crippen molar-refractivity contribution in [1.29, 1.82) is 0 Å². The fourth-order valence-corrected chi connectivity index (χ4v) is 1.21. The summed E-state index contributed by atoms with van der Waals surface area (Å²) in [5.74, 6) is 0. The lowest BCUT2D eigenvalue weighted by atomic mass is 10.3. The van der Waals surface area contributed by atoms with Crippen LogP contribution in [0.2, 0.25) is 0 Å². The van der Waals surface area contributed by atoms with Gasteiger partial charge in [0.15, 0.2) is 6.20 Å². The summed E-state index contributed by atoms with van der Waals surface area (Å²) < 4.78 is 2.23. The molecule has 0 aliphatic carbocycles. The number of hydrogen-bond acceptors (Lipinski definition) is 0. The first kappa shape index (κ1) is 15.6. The number of aromatic nitrogens is 1. The third-order valence-electron chi connectivity index (χ3n) is 1.94. The van der Waals surface area contributed by atoms with E-state index in [1.54, 1.807) is 0 Å². The van der Waals surface area contributed by atoms with Crippen molar-refractivity contribution < 1.29 is 22.5 Å². The van der Waals surface area contributed by atoms with Gasteiger partial charge in [-0.15, -0.1) is 0 Å². The molecule has 2 nitrogen and oxygen atoms in total. The Morgan fingerprint density at radius 2 is 2.14 bits per heavy atom. The van der Waals surface area contributed by atoms with Gasteiger partial charge in [0.25, 0.3) is 0 Å². The van der Waals surface area contributed by atoms with Gasteiger partial charge < -0.3 is 17.9 Å². The molecule has 0 spiro atoms. The Labute approximate surface area is 92.0 Å². The molecule has 80 valence electrons. The van der Waals surface area contributed by atoms with E-state index in [2.05, 4.69) is 36.4 Å². The van der Waals surface area contributed by atoms with E-state index < -0.39 is 0 Å². The molecule has 1 rings (SSSR count). The van der Waals surface area contributed by atoms with Crippen LogP contribution in [0.3, 0.4) is 0 Å². The molecule has 1 heterocycles. The lowest BCUT2D eigenvalue weighted by molar-refractivity contribution is -0.699. The first-order valence-corrected chi connectivity index (χ1v) is 4.49. The highest BCUT2D eigenvalue weighted by molar-refractivity contribution is 5.36. The van der Waals surface area contributed by atoms with Crippen LogP contribution in [0.5, 0.6) is 0 Å². The highest BCUT2D eigenvalue weighted by Crippen LogP contribution is 1.94. The van der Waals surface area contributed by atoms with Crippen molar-refractivity contribution in [2.45, 2.75) is 26.3 Å². The fourth-order valence-electron chi connectivity index (χ4n) is 1.21. The molecule has 0 unspecified atom stereocenters. The second-order valence-corrected chi connectivity index (χ2v) is 2.88. The highest BCUT2D eigenvalue weighted by atomic mass is 35.5. The van der Waals surface area contributed by atoms with Gasteiger partial charge in [0.1, 0.15) is 6.54 Å². The zero-order valence-electron chi connectivity index (χ0n) is 8.54. The van der Waals surface area contributed by atoms with E-state index in [9.17, 15) is 0 Å². The van der Waals surface area contributed by atoms with Crippen molar-refractivity contribution in [2.75, 3.05) is 0 Å². The van der Waals surface area contributed by atoms with E-state index >= 15 is 0 Å². The molecule has 0 aromatic carbocycles. The molecule has 0 saturated heterocycles. The van der Waals surface area contributed by atoms with Crippen LogP contribution in [0.1, 0.15) is 25.5 Å². The topological polar surface area (TPSA) is 35.4 Å². The fraction of sp³-hybridized carbons (Fsp3) is 0.364. The number of rotatable bonds is 4. The van der Waals surface area contributed by atoms with Crippen molar-refractivity contribution in [3.05, 3.63) is 36.7 Å². The predicted octanol–water partition coefficient (Wildman–Crippen LogP) is -1.40. The van der Waals surface area contributed by atoms with Crippen LogP contribution in [0, 0.1) is 0 Å². The molecule has 0 fully saturated rings. The van der Waals surface area contributed by atoms with E-state index in [1.165, 1.54) is 18.5 Å². The SMILES string of the molecule is C=Cc1cccc[n+]1CCCC.O.[Cl-]. The molecule has 0 aliphatic rings. The summed E-state index contributed by atoms with van der Waals surface area (Å²) in [6, 6.07) is 6.19. The van der Waals surface area contributed by atoms with Crippen LogP contribution >= 0.6 is 0 Å². The minimum atomic E-state index is 0. The van der Waals surface area contributed by atoms with Crippen LogP contribution in [-0.2, 0) is 6.54 Å². The van der Waals surface area contributed by atoms with Crippen molar-refractivity contribution >= 4 is 6.08 Å². The number of nitrogens with zero attached hydrogens (tertiary/aromatic N) is 1. The molecule has 3 heteroatoms. The van der Waals surface area contributed by atoms with Crippen LogP contribution in [0.4, 0.5) is 0 Å². The molecule has 0 aliphatic heterocycles. The van der Waals surface area contributed by atoms with E-state index in [1.807, 2.05) is 12.1 Å². The maximum Gasteiger partial charge on any atom is 0.204 e. The summed E-state index contributed by atoms with van der Waals surface area (Å²) in [6.07, 6.45) is 6.47. The number of aryl methyl sites for hydroxylation is 1. The van der Waals surface area contributed by atoms with Gasteiger partial charge in [0.2, 0.25) is 5.69 Å². The lowest BCUT2D eigenvalue weighted by Crippen LogP contribution is -3.00. The van der Waals surface area contributed by atoms with Crippen LogP contribution in [-0.4, -0.2) is 5.48 Å². The Balaban J connectivity index is 0. The molecule has 1 aromatic rings. The van der Waals surface area contributed by atoms with Crippen molar-refractivity contribution in [3.63, 3.8) is 0 Å². The van der Waals surface area contributed by atoms with Gasteiger partial charge in [0, 0.05) is 24.6 Å². The smallest absolute Gasteiger partial charge is 0.204 e.